The molecule has 0 atom stereocenters. The average Bonchev–Trinajstić information content (AvgIpc) is 2.62. The minimum atomic E-state index is -0.243. The van der Waals surface area contributed by atoms with Crippen LogP contribution in [0.2, 0.25) is 10.0 Å². The first-order valence-corrected chi connectivity index (χ1v) is 9.28. The second kappa shape index (κ2) is 6.47. The van der Waals surface area contributed by atoms with Gasteiger partial charge in [0.2, 0.25) is 0 Å². The molecular weight excluding hydrogens is 389 g/mol. The molecule has 0 aromatic heterocycles. The van der Waals surface area contributed by atoms with Gasteiger partial charge in [-0.25, -0.2) is 0 Å². The lowest BCUT2D eigenvalue weighted by Gasteiger charge is -2.21. The zero-order valence-corrected chi connectivity index (χ0v) is 15.6. The fourth-order valence-electron chi connectivity index (χ4n) is 3.00. The van der Waals surface area contributed by atoms with Crippen LogP contribution in [0.4, 0.5) is 5.69 Å². The number of nitrogen functional groups attached to an aromatic ring is 1. The van der Waals surface area contributed by atoms with E-state index >= 15 is 0 Å². The Morgan fingerprint density at radius 1 is 0.769 bits per heavy atom. The number of nitrogens with two attached hydrogens (primary N) is 1. The van der Waals surface area contributed by atoms with Crippen LogP contribution in [0.25, 0.3) is 0 Å². The van der Waals surface area contributed by atoms with Crippen LogP contribution in [0.15, 0.2) is 64.4 Å². The quantitative estimate of drug-likeness (QED) is 0.451. The van der Waals surface area contributed by atoms with E-state index in [1.807, 2.05) is 0 Å². The van der Waals surface area contributed by atoms with Crippen LogP contribution in [0, 0.1) is 0 Å². The van der Waals surface area contributed by atoms with Gasteiger partial charge in [-0.2, -0.15) is 0 Å². The molecule has 1 aliphatic carbocycles. The predicted octanol–water partition coefficient (Wildman–Crippen LogP) is 5.50. The van der Waals surface area contributed by atoms with Gasteiger partial charge in [0.05, 0.1) is 10.6 Å². The third-order valence-electron chi connectivity index (χ3n) is 4.18. The third-order valence-corrected chi connectivity index (χ3v) is 5.97. The maximum Gasteiger partial charge on any atom is 0.196 e. The molecule has 0 bridgehead atoms. The van der Waals surface area contributed by atoms with Crippen molar-refractivity contribution in [1.82, 2.24) is 0 Å². The van der Waals surface area contributed by atoms with Crippen LogP contribution in [-0.4, -0.2) is 11.6 Å². The summed E-state index contributed by atoms with van der Waals surface area (Å²) < 4.78 is 0. The molecule has 0 aliphatic heterocycles. The highest BCUT2D eigenvalue weighted by Gasteiger charge is 2.33. The van der Waals surface area contributed by atoms with Crippen LogP contribution in [-0.2, 0) is 0 Å². The number of benzene rings is 3. The summed E-state index contributed by atoms with van der Waals surface area (Å²) in [5.41, 5.74) is 7.57. The lowest BCUT2D eigenvalue weighted by atomic mass is 9.83. The maximum absolute atomic E-state index is 13.1. The van der Waals surface area contributed by atoms with Gasteiger partial charge in [0, 0.05) is 37.2 Å². The lowest BCUT2D eigenvalue weighted by molar-refractivity contribution is 0.0977. The van der Waals surface area contributed by atoms with E-state index in [-0.39, 0.29) is 17.1 Å². The molecule has 0 saturated heterocycles. The predicted molar refractivity (Wildman–Crippen MR) is 105 cm³/mol. The average molecular weight is 400 g/mol. The second-order valence-electron chi connectivity index (χ2n) is 5.78. The third kappa shape index (κ3) is 2.71. The first kappa shape index (κ1) is 17.2. The summed E-state index contributed by atoms with van der Waals surface area (Å²) in [6.45, 7) is 0. The van der Waals surface area contributed by atoms with Crippen molar-refractivity contribution in [3.63, 3.8) is 0 Å². The molecule has 26 heavy (non-hydrogen) atoms. The number of carbonyl (C=O) groups excluding carboxylic acids is 2. The van der Waals surface area contributed by atoms with E-state index in [4.69, 9.17) is 28.9 Å². The minimum Gasteiger partial charge on any atom is -0.398 e. The summed E-state index contributed by atoms with van der Waals surface area (Å²) in [6, 6.07) is 15.2. The Balaban J connectivity index is 1.88. The molecular formula is C20H11Cl2NO2S. The number of rotatable bonds is 2. The number of hydrogen-bond acceptors (Lipinski definition) is 4. The highest BCUT2D eigenvalue weighted by atomic mass is 35.5. The highest BCUT2D eigenvalue weighted by Crippen LogP contribution is 2.41. The molecule has 3 aromatic carbocycles. The van der Waals surface area contributed by atoms with Crippen LogP contribution in [0.1, 0.15) is 31.8 Å². The van der Waals surface area contributed by atoms with Crippen molar-refractivity contribution >= 4 is 52.2 Å². The first-order chi connectivity index (χ1) is 12.5. The van der Waals surface area contributed by atoms with Crippen molar-refractivity contribution in [3.05, 3.63) is 86.9 Å². The normalized spacial score (nSPS) is 12.7. The van der Waals surface area contributed by atoms with E-state index in [0.29, 0.717) is 42.2 Å². The first-order valence-electron chi connectivity index (χ1n) is 7.71. The van der Waals surface area contributed by atoms with E-state index in [1.54, 1.807) is 54.6 Å². The second-order valence-corrected chi connectivity index (χ2v) is 7.71. The van der Waals surface area contributed by atoms with Crippen molar-refractivity contribution < 1.29 is 9.59 Å². The smallest absolute Gasteiger partial charge is 0.196 e. The summed E-state index contributed by atoms with van der Waals surface area (Å²) in [4.78, 5) is 27.4. The van der Waals surface area contributed by atoms with E-state index in [1.165, 1.54) is 11.8 Å². The zero-order chi connectivity index (χ0) is 18.4. The number of hydrogen-bond donors (Lipinski definition) is 1. The largest absolute Gasteiger partial charge is 0.398 e. The molecule has 6 heteroatoms. The number of carbonyl (C=O) groups is 2. The van der Waals surface area contributed by atoms with Crippen molar-refractivity contribution in [2.45, 2.75) is 9.79 Å². The molecule has 1 aliphatic rings. The SMILES string of the molecule is Nc1cccc2c1C(=O)c1cccc(Sc3cc(Cl)ccc3Cl)c1C2=O. The molecule has 0 saturated carbocycles. The summed E-state index contributed by atoms with van der Waals surface area (Å²) in [5.74, 6) is -0.463. The molecule has 3 aromatic rings. The summed E-state index contributed by atoms with van der Waals surface area (Å²) in [6.07, 6.45) is 0. The topological polar surface area (TPSA) is 60.2 Å². The standard InChI is InChI=1S/C20H11Cl2NO2S/c21-10-7-8-13(22)16(9-10)26-15-6-2-4-12-18(15)20(25)11-3-1-5-14(23)17(11)19(12)24/h1-9H,23H2. The van der Waals surface area contributed by atoms with E-state index in [0.717, 1.165) is 0 Å². The number of ketones is 2. The highest BCUT2D eigenvalue weighted by molar-refractivity contribution is 7.99. The molecule has 0 fully saturated rings. The number of anilines is 1. The van der Waals surface area contributed by atoms with Crippen LogP contribution in [0.3, 0.4) is 0 Å². The van der Waals surface area contributed by atoms with E-state index in [9.17, 15) is 9.59 Å². The van der Waals surface area contributed by atoms with Gasteiger partial charge < -0.3 is 5.73 Å². The molecule has 4 rings (SSSR count). The Kier molecular flexibility index (Phi) is 4.27. The van der Waals surface area contributed by atoms with Gasteiger partial charge in [0.1, 0.15) is 0 Å². The molecule has 0 unspecified atom stereocenters. The number of halogens is 2. The Morgan fingerprint density at radius 3 is 2.19 bits per heavy atom. The van der Waals surface area contributed by atoms with Gasteiger partial charge >= 0.3 is 0 Å². The Labute approximate surface area is 164 Å². The van der Waals surface area contributed by atoms with Gasteiger partial charge in [0.25, 0.3) is 0 Å². The molecule has 2 N–H and O–H groups in total. The van der Waals surface area contributed by atoms with Crippen LogP contribution < -0.4 is 5.73 Å². The fourth-order valence-corrected chi connectivity index (χ4v) is 4.51. The van der Waals surface area contributed by atoms with Crippen molar-refractivity contribution in [2.24, 2.45) is 0 Å². The van der Waals surface area contributed by atoms with Crippen molar-refractivity contribution in [1.29, 1.82) is 0 Å². The molecule has 0 heterocycles. The van der Waals surface area contributed by atoms with Gasteiger partial charge in [-0.1, -0.05) is 59.2 Å². The van der Waals surface area contributed by atoms with Gasteiger partial charge in [0.15, 0.2) is 11.6 Å². The van der Waals surface area contributed by atoms with Crippen molar-refractivity contribution in [3.8, 4) is 0 Å². The van der Waals surface area contributed by atoms with Crippen LogP contribution in [0.5, 0.6) is 0 Å². The fraction of sp³-hybridized carbons (Fsp3) is 0. The van der Waals surface area contributed by atoms with Crippen LogP contribution >= 0.6 is 35.0 Å². The molecule has 128 valence electrons. The molecule has 0 amide bonds. The Morgan fingerprint density at radius 2 is 1.42 bits per heavy atom. The van der Waals surface area contributed by atoms with Gasteiger partial charge in [-0.15, -0.1) is 0 Å². The maximum atomic E-state index is 13.1. The summed E-state index contributed by atoms with van der Waals surface area (Å²) in [7, 11) is 0. The summed E-state index contributed by atoms with van der Waals surface area (Å²) in [5, 5.41) is 1.07. The van der Waals surface area contributed by atoms with Gasteiger partial charge in [-0.3, -0.25) is 9.59 Å². The Hall–Kier alpha value is -2.27. The minimum absolute atomic E-state index is 0.219. The van der Waals surface area contributed by atoms with Gasteiger partial charge in [-0.05, 0) is 30.3 Å². The molecule has 0 spiro atoms. The molecule has 3 nitrogen and oxygen atoms in total. The molecule has 0 radical (unpaired) electrons. The Bertz CT molecular complexity index is 1100. The number of fused-ring (bicyclic) bond motifs is 2. The monoisotopic (exact) mass is 399 g/mol. The summed E-state index contributed by atoms with van der Waals surface area (Å²) >= 11 is 13.6. The lowest BCUT2D eigenvalue weighted by Crippen LogP contribution is -2.23. The van der Waals surface area contributed by atoms with Crippen molar-refractivity contribution in [2.75, 3.05) is 5.73 Å². The van der Waals surface area contributed by atoms with E-state index in [2.05, 4.69) is 0 Å². The van der Waals surface area contributed by atoms with E-state index < -0.39 is 0 Å². The zero-order valence-electron chi connectivity index (χ0n) is 13.3.